The summed E-state index contributed by atoms with van der Waals surface area (Å²) in [5, 5.41) is 4.68. The van der Waals surface area contributed by atoms with Crippen LogP contribution in [0.4, 0.5) is 5.82 Å². The van der Waals surface area contributed by atoms with Crippen LogP contribution >= 0.6 is 11.8 Å². The number of fused-ring (bicyclic) bond motifs is 1. The monoisotopic (exact) mass is 274 g/mol. The molecule has 0 fully saturated rings. The van der Waals surface area contributed by atoms with Crippen LogP contribution in [0.2, 0.25) is 0 Å². The van der Waals surface area contributed by atoms with E-state index >= 15 is 0 Å². The number of aryl methyl sites for hydroxylation is 1. The van der Waals surface area contributed by atoms with Crippen LogP contribution in [-0.2, 0) is 0 Å². The molecule has 0 aliphatic carbocycles. The molecule has 2 aromatic rings. The van der Waals surface area contributed by atoms with Gasteiger partial charge >= 0.3 is 0 Å². The Hall–Kier alpha value is -1.22. The average Bonchev–Trinajstić information content (AvgIpc) is 2.43. The van der Waals surface area contributed by atoms with Crippen LogP contribution in [0.3, 0.4) is 0 Å². The van der Waals surface area contributed by atoms with Crippen LogP contribution in [0.25, 0.3) is 10.9 Å². The van der Waals surface area contributed by atoms with Gasteiger partial charge in [-0.15, -0.1) is 0 Å². The fourth-order valence-corrected chi connectivity index (χ4v) is 2.65. The minimum absolute atomic E-state index is 1.01. The average molecular weight is 274 g/mol. The summed E-state index contributed by atoms with van der Waals surface area (Å²) in [6, 6.07) is 10.5. The molecule has 1 N–H and O–H groups in total. The Morgan fingerprint density at radius 3 is 2.84 bits per heavy atom. The summed E-state index contributed by atoms with van der Waals surface area (Å²) >= 11 is 1.93. The van der Waals surface area contributed by atoms with Gasteiger partial charge in [0.2, 0.25) is 0 Å². The zero-order chi connectivity index (χ0) is 13.5. The highest BCUT2D eigenvalue weighted by molar-refractivity contribution is 7.98. The Morgan fingerprint density at radius 1 is 1.16 bits per heavy atom. The minimum Gasteiger partial charge on any atom is -0.370 e. The highest BCUT2D eigenvalue weighted by atomic mass is 32.2. The zero-order valence-electron chi connectivity index (χ0n) is 11.8. The summed E-state index contributed by atoms with van der Waals surface area (Å²) in [4.78, 5) is 4.69. The number of para-hydroxylation sites is 1. The summed E-state index contributed by atoms with van der Waals surface area (Å²) in [7, 11) is 0. The first-order valence-electron chi connectivity index (χ1n) is 6.90. The fraction of sp³-hybridized carbons (Fsp3) is 0.438. The number of benzene rings is 1. The van der Waals surface area contributed by atoms with Gasteiger partial charge in [0, 0.05) is 11.9 Å². The van der Waals surface area contributed by atoms with Crippen molar-refractivity contribution in [3.8, 4) is 0 Å². The number of nitrogens with zero attached hydrogens (tertiary/aromatic N) is 1. The van der Waals surface area contributed by atoms with Crippen LogP contribution in [0, 0.1) is 6.92 Å². The van der Waals surface area contributed by atoms with Crippen molar-refractivity contribution < 1.29 is 0 Å². The van der Waals surface area contributed by atoms with E-state index in [0.29, 0.717) is 0 Å². The van der Waals surface area contributed by atoms with Gasteiger partial charge in [0.15, 0.2) is 0 Å². The number of unbranched alkanes of at least 4 members (excludes halogenated alkanes) is 2. The van der Waals surface area contributed by atoms with Crippen molar-refractivity contribution in [3.05, 3.63) is 35.9 Å². The lowest BCUT2D eigenvalue weighted by atomic mass is 10.1. The maximum Gasteiger partial charge on any atom is 0.129 e. The number of aromatic nitrogens is 1. The molecule has 0 unspecified atom stereocenters. The van der Waals surface area contributed by atoms with Crippen molar-refractivity contribution in [3.63, 3.8) is 0 Å². The van der Waals surface area contributed by atoms with Gasteiger partial charge in [0.05, 0.1) is 5.52 Å². The van der Waals surface area contributed by atoms with Crippen LogP contribution in [0.1, 0.15) is 24.8 Å². The molecular formula is C16H22N2S. The molecule has 19 heavy (non-hydrogen) atoms. The summed E-state index contributed by atoms with van der Waals surface area (Å²) in [5.74, 6) is 2.30. The Balaban J connectivity index is 1.91. The number of hydrogen-bond acceptors (Lipinski definition) is 3. The van der Waals surface area contributed by atoms with Crippen molar-refractivity contribution in [2.45, 2.75) is 26.2 Å². The lowest BCUT2D eigenvalue weighted by molar-refractivity contribution is 0.748. The van der Waals surface area contributed by atoms with Crippen LogP contribution in [0.15, 0.2) is 30.3 Å². The lowest BCUT2D eigenvalue weighted by Gasteiger charge is -2.10. The van der Waals surface area contributed by atoms with E-state index in [9.17, 15) is 0 Å². The molecule has 2 rings (SSSR count). The number of anilines is 1. The third kappa shape index (κ3) is 4.13. The van der Waals surface area contributed by atoms with Gasteiger partial charge in [0.1, 0.15) is 5.82 Å². The molecule has 0 bridgehead atoms. The molecule has 0 atom stereocenters. The summed E-state index contributed by atoms with van der Waals surface area (Å²) < 4.78 is 0. The van der Waals surface area contributed by atoms with E-state index in [4.69, 9.17) is 4.98 Å². The van der Waals surface area contributed by atoms with Crippen LogP contribution < -0.4 is 5.32 Å². The fourth-order valence-electron chi connectivity index (χ4n) is 2.16. The summed E-state index contributed by atoms with van der Waals surface area (Å²) in [6.45, 7) is 3.13. The number of rotatable bonds is 7. The quantitative estimate of drug-likeness (QED) is 0.753. The van der Waals surface area contributed by atoms with Crippen molar-refractivity contribution in [2.75, 3.05) is 23.9 Å². The van der Waals surface area contributed by atoms with E-state index in [-0.39, 0.29) is 0 Å². The van der Waals surface area contributed by atoms with Gasteiger partial charge in [-0.25, -0.2) is 4.98 Å². The predicted octanol–water partition coefficient (Wildman–Crippen LogP) is 4.49. The standard InChI is InChI=1S/C16H22N2S/c1-13-12-14-8-4-5-9-15(14)18-16(13)17-10-6-3-7-11-19-2/h4-5,8-9,12H,3,6-7,10-11H2,1-2H3,(H,17,18). The predicted molar refractivity (Wildman–Crippen MR) is 87.2 cm³/mol. The molecule has 2 nitrogen and oxygen atoms in total. The molecule has 0 aliphatic heterocycles. The number of nitrogens with one attached hydrogen (secondary N) is 1. The molecule has 1 aromatic heterocycles. The Kier molecular flexibility index (Phi) is 5.52. The van der Waals surface area contributed by atoms with Gasteiger partial charge < -0.3 is 5.32 Å². The number of thioether (sulfide) groups is 1. The van der Waals surface area contributed by atoms with Crippen LogP contribution in [-0.4, -0.2) is 23.5 Å². The third-order valence-electron chi connectivity index (χ3n) is 3.23. The summed E-state index contributed by atoms with van der Waals surface area (Å²) in [6.07, 6.45) is 5.99. The molecule has 1 aromatic carbocycles. The molecule has 0 amide bonds. The summed E-state index contributed by atoms with van der Waals surface area (Å²) in [5.41, 5.74) is 2.29. The maximum atomic E-state index is 4.69. The highest BCUT2D eigenvalue weighted by Gasteiger charge is 2.02. The Morgan fingerprint density at radius 2 is 2.00 bits per heavy atom. The minimum atomic E-state index is 1.01. The van der Waals surface area contributed by atoms with Crippen molar-refractivity contribution in [1.29, 1.82) is 0 Å². The zero-order valence-corrected chi connectivity index (χ0v) is 12.6. The second kappa shape index (κ2) is 7.39. The van der Waals surface area contributed by atoms with Gasteiger partial charge in [-0.05, 0) is 49.5 Å². The maximum absolute atomic E-state index is 4.69. The van der Waals surface area contributed by atoms with Crippen LogP contribution in [0.5, 0.6) is 0 Å². The molecule has 0 radical (unpaired) electrons. The molecule has 1 heterocycles. The molecular weight excluding hydrogens is 252 g/mol. The molecule has 0 saturated carbocycles. The Labute approximate surface area is 120 Å². The Bertz CT molecular complexity index is 525. The van der Waals surface area contributed by atoms with Gasteiger partial charge in [0.25, 0.3) is 0 Å². The van der Waals surface area contributed by atoms with E-state index in [1.54, 1.807) is 0 Å². The van der Waals surface area contributed by atoms with E-state index < -0.39 is 0 Å². The second-order valence-corrected chi connectivity index (χ2v) is 5.81. The highest BCUT2D eigenvalue weighted by Crippen LogP contribution is 2.19. The van der Waals surface area contributed by atoms with Gasteiger partial charge in [-0.2, -0.15) is 11.8 Å². The normalized spacial score (nSPS) is 10.8. The largest absolute Gasteiger partial charge is 0.370 e. The number of hydrogen-bond donors (Lipinski definition) is 1. The van der Waals surface area contributed by atoms with E-state index in [1.807, 2.05) is 17.8 Å². The first kappa shape index (κ1) is 14.2. The van der Waals surface area contributed by atoms with E-state index in [2.05, 4.69) is 42.8 Å². The SMILES string of the molecule is CSCCCCCNc1nc2ccccc2cc1C. The third-order valence-corrected chi connectivity index (χ3v) is 3.93. The van der Waals surface area contributed by atoms with E-state index in [1.165, 1.54) is 36.0 Å². The topological polar surface area (TPSA) is 24.9 Å². The van der Waals surface area contributed by atoms with Crippen molar-refractivity contribution >= 4 is 28.5 Å². The van der Waals surface area contributed by atoms with Crippen molar-refractivity contribution in [2.24, 2.45) is 0 Å². The lowest BCUT2D eigenvalue weighted by Crippen LogP contribution is -2.05. The second-order valence-electron chi connectivity index (χ2n) is 4.83. The molecule has 0 aliphatic rings. The van der Waals surface area contributed by atoms with Gasteiger partial charge in [-0.1, -0.05) is 24.6 Å². The molecule has 3 heteroatoms. The molecule has 0 saturated heterocycles. The van der Waals surface area contributed by atoms with Gasteiger partial charge in [-0.3, -0.25) is 0 Å². The van der Waals surface area contributed by atoms with E-state index in [0.717, 1.165) is 17.9 Å². The molecule has 0 spiro atoms. The molecule has 102 valence electrons. The number of pyridine rings is 1. The first-order valence-corrected chi connectivity index (χ1v) is 8.30. The first-order chi connectivity index (χ1) is 9.31. The van der Waals surface area contributed by atoms with Crippen molar-refractivity contribution in [1.82, 2.24) is 4.98 Å². The smallest absolute Gasteiger partial charge is 0.129 e.